The van der Waals surface area contributed by atoms with Gasteiger partial charge in [-0.1, -0.05) is 54.6 Å². The van der Waals surface area contributed by atoms with Crippen molar-refractivity contribution in [2.75, 3.05) is 0 Å². The van der Waals surface area contributed by atoms with Crippen molar-refractivity contribution in [1.82, 2.24) is 9.88 Å². The molecule has 1 unspecified atom stereocenters. The first-order valence-corrected chi connectivity index (χ1v) is 12.4. The molecule has 1 aromatic heterocycles. The summed E-state index contributed by atoms with van der Waals surface area (Å²) < 4.78 is 29.6. The van der Waals surface area contributed by atoms with E-state index in [0.717, 1.165) is 16.6 Å². The third-order valence-corrected chi connectivity index (χ3v) is 6.72. The lowest BCUT2D eigenvalue weighted by molar-refractivity contribution is -0.384. The van der Waals surface area contributed by atoms with Crippen molar-refractivity contribution in [3.05, 3.63) is 147 Å². The third-order valence-electron chi connectivity index (χ3n) is 6.72. The molecule has 4 aromatic carbocycles. The van der Waals surface area contributed by atoms with Crippen molar-refractivity contribution in [2.24, 2.45) is 0 Å². The second-order valence-corrected chi connectivity index (χ2v) is 9.37. The van der Waals surface area contributed by atoms with E-state index in [1.54, 1.807) is 30.3 Å². The topological polar surface area (TPSA) is 77.2 Å². The number of nitro benzene ring substituents is 1. The molecule has 0 spiro atoms. The Morgan fingerprint density at radius 2 is 1.64 bits per heavy atom. The zero-order chi connectivity index (χ0) is 27.4. The number of fused-ring (bicyclic) bond motifs is 1. The number of aromatic nitrogens is 1. The largest absolute Gasteiger partial charge is 0.352 e. The van der Waals surface area contributed by atoms with Gasteiger partial charge in [0.25, 0.3) is 5.69 Å². The van der Waals surface area contributed by atoms with Crippen LogP contribution in [0, 0.1) is 21.7 Å². The van der Waals surface area contributed by atoms with Crippen molar-refractivity contribution in [3.63, 3.8) is 0 Å². The van der Waals surface area contributed by atoms with Gasteiger partial charge in [-0.05, 0) is 52.6 Å². The lowest BCUT2D eigenvalue weighted by atomic mass is 9.87. The summed E-state index contributed by atoms with van der Waals surface area (Å²) in [5.41, 5.74) is 3.75. The maximum atomic E-state index is 14.3. The van der Waals surface area contributed by atoms with Crippen molar-refractivity contribution >= 4 is 22.5 Å². The zero-order valence-corrected chi connectivity index (χ0v) is 20.9. The Morgan fingerprint density at radius 1 is 0.872 bits per heavy atom. The van der Waals surface area contributed by atoms with Crippen LogP contribution in [0.15, 0.2) is 103 Å². The van der Waals surface area contributed by atoms with Gasteiger partial charge in [0.15, 0.2) is 0 Å². The van der Waals surface area contributed by atoms with E-state index in [9.17, 15) is 23.7 Å². The molecule has 1 N–H and O–H groups in total. The van der Waals surface area contributed by atoms with Crippen LogP contribution >= 0.6 is 0 Å². The zero-order valence-electron chi connectivity index (χ0n) is 20.9. The molecule has 196 valence electrons. The second-order valence-electron chi connectivity index (χ2n) is 9.37. The van der Waals surface area contributed by atoms with Crippen molar-refractivity contribution in [1.29, 1.82) is 0 Å². The number of rotatable bonds is 9. The summed E-state index contributed by atoms with van der Waals surface area (Å²) in [6.07, 6.45) is 1.88. The normalized spacial score (nSPS) is 11.8. The standard InChI is InChI=1S/C31H25F2N3O3/c32-24-11-9-21(10-12-24)18-34-31(37)17-27(23-7-4-8-25(33)15-23)29-20-35(19-22-5-2-1-3-6-22)30-14-13-26(36(38)39)16-28(29)30/h1-16,20,27H,17-19H2,(H,34,37). The molecule has 0 saturated heterocycles. The monoisotopic (exact) mass is 525 g/mol. The molecule has 0 saturated carbocycles. The van der Waals surface area contributed by atoms with E-state index in [1.165, 1.54) is 36.4 Å². The molecule has 1 amide bonds. The summed E-state index contributed by atoms with van der Waals surface area (Å²) in [7, 11) is 0. The fourth-order valence-electron chi connectivity index (χ4n) is 4.81. The van der Waals surface area contributed by atoms with Crippen LogP contribution in [0.25, 0.3) is 10.9 Å². The number of nitrogens with zero attached hydrogens (tertiary/aromatic N) is 2. The molecule has 0 aliphatic rings. The van der Waals surface area contributed by atoms with E-state index >= 15 is 0 Å². The van der Waals surface area contributed by atoms with Crippen LogP contribution in [0.4, 0.5) is 14.5 Å². The molecule has 5 aromatic rings. The summed E-state index contributed by atoms with van der Waals surface area (Å²) >= 11 is 0. The number of carbonyl (C=O) groups is 1. The van der Waals surface area contributed by atoms with Gasteiger partial charge in [-0.3, -0.25) is 14.9 Å². The van der Waals surface area contributed by atoms with Crippen molar-refractivity contribution in [3.8, 4) is 0 Å². The maximum Gasteiger partial charge on any atom is 0.270 e. The number of nitrogens with one attached hydrogen (secondary N) is 1. The van der Waals surface area contributed by atoms with Gasteiger partial charge in [0.2, 0.25) is 5.91 Å². The van der Waals surface area contributed by atoms with Crippen molar-refractivity contribution < 1.29 is 18.5 Å². The van der Waals surface area contributed by atoms with E-state index in [-0.39, 0.29) is 30.4 Å². The summed E-state index contributed by atoms with van der Waals surface area (Å²) in [5.74, 6) is -1.67. The number of benzene rings is 4. The molecule has 0 aliphatic heterocycles. The average Bonchev–Trinajstić information content (AvgIpc) is 3.29. The summed E-state index contributed by atoms with van der Waals surface area (Å²) in [4.78, 5) is 24.3. The van der Waals surface area contributed by atoms with E-state index in [1.807, 2.05) is 41.1 Å². The van der Waals surface area contributed by atoms with Crippen LogP contribution in [0.1, 0.15) is 34.6 Å². The fraction of sp³-hybridized carbons (Fsp3) is 0.129. The van der Waals surface area contributed by atoms with Crippen LogP contribution in [-0.2, 0) is 17.9 Å². The Hall–Kier alpha value is -4.85. The van der Waals surface area contributed by atoms with E-state index in [2.05, 4.69) is 5.32 Å². The molecular weight excluding hydrogens is 500 g/mol. The molecule has 6 nitrogen and oxygen atoms in total. The molecule has 0 bridgehead atoms. The van der Waals surface area contributed by atoms with Crippen LogP contribution in [0.3, 0.4) is 0 Å². The Morgan fingerprint density at radius 3 is 2.36 bits per heavy atom. The highest BCUT2D eigenvalue weighted by molar-refractivity contribution is 5.88. The first-order valence-electron chi connectivity index (χ1n) is 12.4. The number of hydrogen-bond acceptors (Lipinski definition) is 3. The summed E-state index contributed by atoms with van der Waals surface area (Å²) in [5, 5.41) is 15.1. The molecule has 0 radical (unpaired) electrons. The SMILES string of the molecule is O=C(CC(c1cccc(F)c1)c1cn(Cc2ccccc2)c2ccc([N+](=O)[O-])cc12)NCc1ccc(F)cc1. The van der Waals surface area contributed by atoms with Crippen molar-refractivity contribution in [2.45, 2.75) is 25.4 Å². The van der Waals surface area contributed by atoms with E-state index in [0.29, 0.717) is 23.1 Å². The number of carbonyl (C=O) groups excluding carboxylic acids is 1. The number of nitro groups is 1. The van der Waals surface area contributed by atoms with Gasteiger partial charge < -0.3 is 9.88 Å². The lowest BCUT2D eigenvalue weighted by Gasteiger charge is -2.17. The maximum absolute atomic E-state index is 14.3. The van der Waals surface area contributed by atoms with Crippen LogP contribution < -0.4 is 5.32 Å². The molecule has 1 heterocycles. The minimum atomic E-state index is -0.574. The van der Waals surface area contributed by atoms with E-state index < -0.39 is 16.7 Å². The molecule has 1 atom stereocenters. The lowest BCUT2D eigenvalue weighted by Crippen LogP contribution is -2.25. The smallest absolute Gasteiger partial charge is 0.270 e. The highest BCUT2D eigenvalue weighted by Crippen LogP contribution is 2.37. The van der Waals surface area contributed by atoms with Gasteiger partial charge in [-0.25, -0.2) is 8.78 Å². The van der Waals surface area contributed by atoms with Gasteiger partial charge in [0, 0.05) is 54.7 Å². The number of non-ortho nitro benzene ring substituents is 1. The first-order chi connectivity index (χ1) is 18.9. The van der Waals surface area contributed by atoms with E-state index in [4.69, 9.17) is 0 Å². The highest BCUT2D eigenvalue weighted by Gasteiger charge is 2.25. The Bertz CT molecular complexity index is 1630. The third kappa shape index (κ3) is 6.01. The minimum Gasteiger partial charge on any atom is -0.352 e. The van der Waals surface area contributed by atoms with Gasteiger partial charge in [0.1, 0.15) is 11.6 Å². The highest BCUT2D eigenvalue weighted by atomic mass is 19.1. The molecular formula is C31H25F2N3O3. The Kier molecular flexibility index (Phi) is 7.45. The number of hydrogen-bond donors (Lipinski definition) is 1. The molecule has 39 heavy (non-hydrogen) atoms. The van der Waals surface area contributed by atoms with Gasteiger partial charge in [-0.15, -0.1) is 0 Å². The van der Waals surface area contributed by atoms with Gasteiger partial charge in [0.05, 0.1) is 4.92 Å². The number of amides is 1. The average molecular weight is 526 g/mol. The molecule has 0 fully saturated rings. The van der Waals surface area contributed by atoms with Crippen LogP contribution in [0.2, 0.25) is 0 Å². The summed E-state index contributed by atoms with van der Waals surface area (Å²) in [6, 6.07) is 26.3. The second kappa shape index (κ2) is 11.3. The molecule has 0 aliphatic carbocycles. The molecule has 5 rings (SSSR count). The first kappa shape index (κ1) is 25.8. The number of halogens is 2. The Labute approximate surface area is 223 Å². The fourth-order valence-corrected chi connectivity index (χ4v) is 4.81. The van der Waals surface area contributed by atoms with Crippen LogP contribution in [-0.4, -0.2) is 15.4 Å². The van der Waals surface area contributed by atoms with Gasteiger partial charge in [-0.2, -0.15) is 0 Å². The van der Waals surface area contributed by atoms with Gasteiger partial charge >= 0.3 is 0 Å². The minimum absolute atomic E-state index is 0.0161. The predicted molar refractivity (Wildman–Crippen MR) is 145 cm³/mol. The quantitative estimate of drug-likeness (QED) is 0.172. The predicted octanol–water partition coefficient (Wildman–Crippen LogP) is 6.71. The van der Waals surface area contributed by atoms with Crippen LogP contribution in [0.5, 0.6) is 0 Å². The Balaban J connectivity index is 1.55. The molecule has 8 heteroatoms. The summed E-state index contributed by atoms with van der Waals surface area (Å²) in [6.45, 7) is 0.720.